The molecule has 10 nitrogen and oxygen atoms in total. The number of rotatable bonds is 7. The molecule has 1 aliphatic heterocycles. The van der Waals surface area contributed by atoms with Crippen molar-refractivity contribution in [2.24, 2.45) is 0 Å². The van der Waals surface area contributed by atoms with Crippen LogP contribution in [-0.2, 0) is 6.42 Å². The van der Waals surface area contributed by atoms with Gasteiger partial charge >= 0.3 is 5.63 Å². The van der Waals surface area contributed by atoms with Crippen molar-refractivity contribution in [3.8, 4) is 17.2 Å². The Hall–Kier alpha value is -4.86. The number of nitro groups is 1. The number of aryl methyl sites for hydroxylation is 1. The molecular formula is C29H26N2O8. The van der Waals surface area contributed by atoms with E-state index in [0.29, 0.717) is 35.8 Å². The van der Waals surface area contributed by atoms with Gasteiger partial charge in [0, 0.05) is 41.8 Å². The Kier molecular flexibility index (Phi) is 6.93. The molecule has 0 fully saturated rings. The van der Waals surface area contributed by atoms with Gasteiger partial charge < -0.3 is 23.5 Å². The van der Waals surface area contributed by atoms with E-state index in [4.69, 9.17) is 18.6 Å². The summed E-state index contributed by atoms with van der Waals surface area (Å²) in [7, 11) is 3.10. The van der Waals surface area contributed by atoms with E-state index in [1.54, 1.807) is 30.2 Å². The Morgan fingerprint density at radius 2 is 1.85 bits per heavy atom. The number of methoxy groups -OCH3 is 2. The first kappa shape index (κ1) is 25.8. The molecule has 4 aromatic rings. The average Bonchev–Trinajstić information content (AvgIpc) is 2.94. The van der Waals surface area contributed by atoms with Crippen LogP contribution in [0.4, 0.5) is 5.69 Å². The van der Waals surface area contributed by atoms with E-state index >= 15 is 0 Å². The van der Waals surface area contributed by atoms with Crippen molar-refractivity contribution in [1.29, 1.82) is 0 Å². The fourth-order valence-electron chi connectivity index (χ4n) is 4.94. The van der Waals surface area contributed by atoms with E-state index in [9.17, 15) is 19.7 Å². The second-order valence-corrected chi connectivity index (χ2v) is 9.20. The Morgan fingerprint density at radius 3 is 2.59 bits per heavy atom. The van der Waals surface area contributed by atoms with Crippen molar-refractivity contribution in [3.63, 3.8) is 0 Å². The zero-order chi connectivity index (χ0) is 27.7. The van der Waals surface area contributed by atoms with E-state index in [2.05, 4.69) is 0 Å². The number of ether oxygens (including phenoxy) is 3. The summed E-state index contributed by atoms with van der Waals surface area (Å²) in [5.74, 6) is 1.20. The minimum Gasteiger partial charge on any atom is -0.493 e. The Labute approximate surface area is 223 Å². The Bertz CT molecular complexity index is 1640. The highest BCUT2D eigenvalue weighted by Crippen LogP contribution is 2.39. The summed E-state index contributed by atoms with van der Waals surface area (Å²) in [4.78, 5) is 38.0. The number of nitrogens with zero attached hydrogens (tertiary/aromatic N) is 2. The van der Waals surface area contributed by atoms with Crippen LogP contribution in [0.3, 0.4) is 0 Å². The highest BCUT2D eigenvalue weighted by Gasteiger charge is 2.34. The molecule has 10 heteroatoms. The number of carbonyl (C=O) groups excluding carboxylic acids is 1. The maximum atomic E-state index is 13.7. The number of nitro benzene ring substituents is 1. The predicted molar refractivity (Wildman–Crippen MR) is 143 cm³/mol. The SMILES string of the molecule is COc1cc2c(cc1OC)[C@@H](COc1ccc3c(C)cc(=O)oc3c1)N(C(=O)c1cccc([N+](=O)[O-])c1)CC2. The molecule has 0 aliphatic carbocycles. The van der Waals surface area contributed by atoms with E-state index in [0.717, 1.165) is 22.1 Å². The van der Waals surface area contributed by atoms with Gasteiger partial charge in [0.05, 0.1) is 25.2 Å². The first-order chi connectivity index (χ1) is 18.8. The summed E-state index contributed by atoms with van der Waals surface area (Å²) in [5, 5.41) is 12.1. The third-order valence-electron chi connectivity index (χ3n) is 6.90. The summed E-state index contributed by atoms with van der Waals surface area (Å²) in [6.45, 7) is 2.27. The van der Waals surface area contributed by atoms with Crippen molar-refractivity contribution in [2.45, 2.75) is 19.4 Å². The molecule has 0 bridgehead atoms. The van der Waals surface area contributed by atoms with Gasteiger partial charge in [-0.25, -0.2) is 4.79 Å². The van der Waals surface area contributed by atoms with Crippen LogP contribution in [0.15, 0.2) is 69.9 Å². The molecule has 1 aromatic heterocycles. The van der Waals surface area contributed by atoms with Gasteiger partial charge in [-0.2, -0.15) is 0 Å². The van der Waals surface area contributed by atoms with Gasteiger partial charge in [0.2, 0.25) is 0 Å². The lowest BCUT2D eigenvalue weighted by atomic mass is 9.91. The third-order valence-corrected chi connectivity index (χ3v) is 6.90. The Morgan fingerprint density at radius 1 is 1.08 bits per heavy atom. The van der Waals surface area contributed by atoms with Crippen LogP contribution in [-0.4, -0.2) is 43.1 Å². The molecule has 1 amide bonds. The molecule has 1 aliphatic rings. The second-order valence-electron chi connectivity index (χ2n) is 9.20. The molecule has 0 saturated carbocycles. The Balaban J connectivity index is 1.52. The van der Waals surface area contributed by atoms with Gasteiger partial charge in [-0.1, -0.05) is 6.07 Å². The number of fused-ring (bicyclic) bond motifs is 2. The lowest BCUT2D eigenvalue weighted by molar-refractivity contribution is -0.384. The molecule has 0 radical (unpaired) electrons. The number of amides is 1. The van der Waals surface area contributed by atoms with Gasteiger partial charge in [-0.05, 0) is 60.4 Å². The molecule has 39 heavy (non-hydrogen) atoms. The molecular weight excluding hydrogens is 504 g/mol. The first-order valence-corrected chi connectivity index (χ1v) is 12.3. The molecule has 0 unspecified atom stereocenters. The van der Waals surface area contributed by atoms with Crippen LogP contribution in [0.25, 0.3) is 11.0 Å². The molecule has 0 N–H and O–H groups in total. The van der Waals surface area contributed by atoms with Crippen LogP contribution in [0.2, 0.25) is 0 Å². The largest absolute Gasteiger partial charge is 0.493 e. The van der Waals surface area contributed by atoms with Crippen molar-refractivity contribution in [3.05, 3.63) is 103 Å². The summed E-state index contributed by atoms with van der Waals surface area (Å²) in [6.07, 6.45) is 0.549. The third kappa shape index (κ3) is 5.00. The normalized spacial score (nSPS) is 14.5. The maximum absolute atomic E-state index is 13.7. The van der Waals surface area contributed by atoms with Gasteiger partial charge in [-0.3, -0.25) is 14.9 Å². The number of hydrogen-bond acceptors (Lipinski definition) is 8. The number of benzene rings is 3. The molecule has 200 valence electrons. The summed E-state index contributed by atoms with van der Waals surface area (Å²) < 4.78 is 22.5. The topological polar surface area (TPSA) is 121 Å². The minimum atomic E-state index is -0.541. The van der Waals surface area contributed by atoms with Crippen LogP contribution >= 0.6 is 0 Å². The fraction of sp³-hybridized carbons (Fsp3) is 0.241. The fourth-order valence-corrected chi connectivity index (χ4v) is 4.94. The highest BCUT2D eigenvalue weighted by atomic mass is 16.6. The standard InChI is InChI=1S/C29H26N2O8/c1-17-11-28(32)39-25-14-21(7-8-22(17)25)38-16-24-23-15-27(37-3)26(36-2)13-18(23)9-10-30(24)29(33)19-5-4-6-20(12-19)31(34)35/h4-8,11-15,24H,9-10,16H2,1-3H3/t24-/m1/s1. The maximum Gasteiger partial charge on any atom is 0.336 e. The smallest absolute Gasteiger partial charge is 0.336 e. The predicted octanol–water partition coefficient (Wildman–Crippen LogP) is 4.85. The molecule has 2 heterocycles. The van der Waals surface area contributed by atoms with Crippen LogP contribution < -0.4 is 19.8 Å². The van der Waals surface area contributed by atoms with Gasteiger partial charge in [-0.15, -0.1) is 0 Å². The van der Waals surface area contributed by atoms with Crippen LogP contribution in [0, 0.1) is 17.0 Å². The van der Waals surface area contributed by atoms with Crippen LogP contribution in [0.1, 0.15) is 33.1 Å². The van der Waals surface area contributed by atoms with Crippen molar-refractivity contribution in [2.75, 3.05) is 27.4 Å². The van der Waals surface area contributed by atoms with E-state index in [1.807, 2.05) is 25.1 Å². The monoisotopic (exact) mass is 530 g/mol. The van der Waals surface area contributed by atoms with E-state index < -0.39 is 16.6 Å². The zero-order valence-corrected chi connectivity index (χ0v) is 21.6. The second kappa shape index (κ2) is 10.5. The highest BCUT2D eigenvalue weighted by molar-refractivity contribution is 5.95. The van der Waals surface area contributed by atoms with Crippen molar-refractivity contribution < 1.29 is 28.3 Å². The summed E-state index contributed by atoms with van der Waals surface area (Å²) in [5.41, 5.74) is 2.59. The van der Waals surface area contributed by atoms with Crippen molar-refractivity contribution >= 4 is 22.6 Å². The summed E-state index contributed by atoms with van der Waals surface area (Å²) in [6, 6.07) is 15.5. The van der Waals surface area contributed by atoms with Gasteiger partial charge in [0.25, 0.3) is 11.6 Å². The lowest BCUT2D eigenvalue weighted by Crippen LogP contribution is -2.42. The minimum absolute atomic E-state index is 0.0741. The molecule has 0 spiro atoms. The quantitative estimate of drug-likeness (QED) is 0.189. The number of hydrogen-bond donors (Lipinski definition) is 0. The molecule has 5 rings (SSSR count). The number of non-ortho nitro benzene ring substituents is 1. The summed E-state index contributed by atoms with van der Waals surface area (Å²) >= 11 is 0. The van der Waals surface area contributed by atoms with Gasteiger partial charge in [0.15, 0.2) is 11.5 Å². The van der Waals surface area contributed by atoms with Crippen LogP contribution in [0.5, 0.6) is 17.2 Å². The lowest BCUT2D eigenvalue weighted by Gasteiger charge is -2.37. The van der Waals surface area contributed by atoms with E-state index in [1.165, 1.54) is 31.4 Å². The average molecular weight is 531 g/mol. The van der Waals surface area contributed by atoms with Crippen molar-refractivity contribution in [1.82, 2.24) is 4.90 Å². The van der Waals surface area contributed by atoms with Gasteiger partial charge in [0.1, 0.15) is 17.9 Å². The molecule has 1 atom stereocenters. The number of carbonyl (C=O) groups is 1. The zero-order valence-electron chi connectivity index (χ0n) is 21.6. The first-order valence-electron chi connectivity index (χ1n) is 12.3. The molecule has 0 saturated heterocycles. The van der Waals surface area contributed by atoms with E-state index in [-0.39, 0.29) is 23.8 Å². The molecule has 3 aromatic carbocycles.